The van der Waals surface area contributed by atoms with Crippen LogP contribution in [0.15, 0.2) is 48.7 Å². The number of carboxylic acid groups (broad SMARTS) is 1. The fraction of sp³-hybridized carbons (Fsp3) is 0.381. The quantitative estimate of drug-likeness (QED) is 0.839. The first-order chi connectivity index (χ1) is 12.1. The van der Waals surface area contributed by atoms with Crippen LogP contribution in [0.2, 0.25) is 0 Å². The fourth-order valence-corrected chi connectivity index (χ4v) is 3.60. The van der Waals surface area contributed by atoms with Gasteiger partial charge in [-0.15, -0.1) is 0 Å². The lowest BCUT2D eigenvalue weighted by atomic mass is 9.96. The Kier molecular flexibility index (Phi) is 5.71. The number of aromatic nitrogens is 1. The Bertz CT molecular complexity index is 733. The third kappa shape index (κ3) is 4.40. The van der Waals surface area contributed by atoms with Crippen molar-refractivity contribution in [2.45, 2.75) is 26.2 Å². The molecule has 1 saturated heterocycles. The summed E-state index contributed by atoms with van der Waals surface area (Å²) in [5.41, 5.74) is 4.85. The minimum Gasteiger partial charge on any atom is -0.481 e. The first kappa shape index (κ1) is 17.5. The molecular weight excluding hydrogens is 312 g/mol. The van der Waals surface area contributed by atoms with E-state index in [1.807, 2.05) is 12.3 Å². The molecule has 1 aromatic heterocycles. The van der Waals surface area contributed by atoms with E-state index in [2.05, 4.69) is 53.2 Å². The molecule has 2 N–H and O–H groups in total. The molecule has 2 aromatic rings. The van der Waals surface area contributed by atoms with Crippen LogP contribution in [0.1, 0.15) is 36.1 Å². The SMILES string of the molecule is Cc1[nH]ccc1C(=CCCN1CCC[C@H](C(=O)O)C1)c1ccccc1. The normalized spacial score (nSPS) is 19.1. The number of rotatable bonds is 6. The first-order valence-corrected chi connectivity index (χ1v) is 9.00. The maximum atomic E-state index is 11.2. The molecule has 1 fully saturated rings. The van der Waals surface area contributed by atoms with E-state index in [1.54, 1.807) is 0 Å². The van der Waals surface area contributed by atoms with Gasteiger partial charge in [-0.25, -0.2) is 0 Å². The van der Waals surface area contributed by atoms with Crippen LogP contribution in [-0.4, -0.2) is 40.6 Å². The summed E-state index contributed by atoms with van der Waals surface area (Å²) in [7, 11) is 0. The number of nitrogens with zero attached hydrogens (tertiary/aromatic N) is 1. The summed E-state index contributed by atoms with van der Waals surface area (Å²) in [5, 5.41) is 9.23. The smallest absolute Gasteiger partial charge is 0.307 e. The number of aliphatic carboxylic acids is 1. The van der Waals surface area contributed by atoms with E-state index in [0.717, 1.165) is 32.4 Å². The lowest BCUT2D eigenvalue weighted by Crippen LogP contribution is -2.39. The third-order valence-corrected chi connectivity index (χ3v) is 4.98. The molecule has 25 heavy (non-hydrogen) atoms. The lowest BCUT2D eigenvalue weighted by Gasteiger charge is -2.30. The molecule has 0 saturated carbocycles. The number of hydrogen-bond donors (Lipinski definition) is 2. The maximum Gasteiger partial charge on any atom is 0.307 e. The standard InChI is InChI=1S/C21H26N2O2/c1-16-19(11-12-22-16)20(17-7-3-2-4-8-17)10-6-14-23-13-5-9-18(15-23)21(24)25/h2-4,7-8,10-12,18,22H,5-6,9,13-15H2,1H3,(H,24,25)/t18-/m0/s1. The number of piperidine rings is 1. The number of aryl methyl sites for hydroxylation is 1. The molecule has 2 heterocycles. The van der Waals surface area contributed by atoms with Crippen molar-refractivity contribution in [1.82, 2.24) is 9.88 Å². The number of carbonyl (C=O) groups is 1. The molecule has 1 aliphatic heterocycles. The zero-order valence-electron chi connectivity index (χ0n) is 14.7. The maximum absolute atomic E-state index is 11.2. The van der Waals surface area contributed by atoms with Crippen LogP contribution in [-0.2, 0) is 4.79 Å². The van der Waals surface area contributed by atoms with Crippen molar-refractivity contribution in [3.8, 4) is 0 Å². The molecule has 0 bridgehead atoms. The second kappa shape index (κ2) is 8.17. The second-order valence-corrected chi connectivity index (χ2v) is 6.77. The van der Waals surface area contributed by atoms with Gasteiger partial charge in [-0.05, 0) is 49.9 Å². The Labute approximate surface area is 149 Å². The summed E-state index contributed by atoms with van der Waals surface area (Å²) in [4.78, 5) is 16.8. The van der Waals surface area contributed by atoms with Gasteiger partial charge in [-0.3, -0.25) is 4.79 Å². The summed E-state index contributed by atoms with van der Waals surface area (Å²) in [6.07, 6.45) is 6.96. The number of aromatic amines is 1. The molecule has 1 atom stereocenters. The summed E-state index contributed by atoms with van der Waals surface area (Å²) < 4.78 is 0. The largest absolute Gasteiger partial charge is 0.481 e. The van der Waals surface area contributed by atoms with Gasteiger partial charge in [-0.2, -0.15) is 0 Å². The molecule has 4 heteroatoms. The molecule has 0 radical (unpaired) electrons. The van der Waals surface area contributed by atoms with Crippen LogP contribution >= 0.6 is 0 Å². The Hall–Kier alpha value is -2.33. The van der Waals surface area contributed by atoms with Crippen molar-refractivity contribution < 1.29 is 9.90 Å². The molecule has 4 nitrogen and oxygen atoms in total. The van der Waals surface area contributed by atoms with Gasteiger partial charge in [0.05, 0.1) is 5.92 Å². The van der Waals surface area contributed by atoms with Crippen LogP contribution < -0.4 is 0 Å². The Morgan fingerprint density at radius 2 is 2.12 bits per heavy atom. The predicted molar refractivity (Wildman–Crippen MR) is 100 cm³/mol. The number of carboxylic acids is 1. The average molecular weight is 338 g/mol. The molecule has 0 aliphatic carbocycles. The highest BCUT2D eigenvalue weighted by Crippen LogP contribution is 2.26. The van der Waals surface area contributed by atoms with Gasteiger partial charge in [0.25, 0.3) is 0 Å². The highest BCUT2D eigenvalue weighted by Gasteiger charge is 2.24. The minimum absolute atomic E-state index is 0.210. The van der Waals surface area contributed by atoms with Crippen molar-refractivity contribution in [1.29, 1.82) is 0 Å². The van der Waals surface area contributed by atoms with Gasteiger partial charge in [0.15, 0.2) is 0 Å². The van der Waals surface area contributed by atoms with Crippen molar-refractivity contribution in [3.63, 3.8) is 0 Å². The van der Waals surface area contributed by atoms with Gasteiger partial charge < -0.3 is 15.0 Å². The minimum atomic E-state index is -0.659. The Morgan fingerprint density at radius 3 is 2.80 bits per heavy atom. The molecule has 0 spiro atoms. The topological polar surface area (TPSA) is 56.3 Å². The van der Waals surface area contributed by atoms with Crippen LogP contribution in [0.5, 0.6) is 0 Å². The summed E-state index contributed by atoms with van der Waals surface area (Å²) in [5.74, 6) is -0.869. The molecule has 132 valence electrons. The van der Waals surface area contributed by atoms with Crippen molar-refractivity contribution in [2.75, 3.05) is 19.6 Å². The lowest BCUT2D eigenvalue weighted by molar-refractivity contribution is -0.143. The van der Waals surface area contributed by atoms with Crippen molar-refractivity contribution in [2.24, 2.45) is 5.92 Å². The van der Waals surface area contributed by atoms with E-state index < -0.39 is 5.97 Å². The van der Waals surface area contributed by atoms with Gasteiger partial charge in [0.2, 0.25) is 0 Å². The van der Waals surface area contributed by atoms with Gasteiger partial charge in [0.1, 0.15) is 0 Å². The number of nitrogens with one attached hydrogen (secondary N) is 1. The summed E-state index contributed by atoms with van der Waals surface area (Å²) in [6, 6.07) is 12.6. The van der Waals surface area contributed by atoms with E-state index in [4.69, 9.17) is 0 Å². The molecule has 1 aromatic carbocycles. The van der Waals surface area contributed by atoms with Crippen LogP contribution in [0.3, 0.4) is 0 Å². The zero-order chi connectivity index (χ0) is 17.6. The fourth-order valence-electron chi connectivity index (χ4n) is 3.60. The monoisotopic (exact) mass is 338 g/mol. The molecular formula is C21H26N2O2. The van der Waals surface area contributed by atoms with Crippen molar-refractivity contribution >= 4 is 11.5 Å². The van der Waals surface area contributed by atoms with E-state index >= 15 is 0 Å². The third-order valence-electron chi connectivity index (χ3n) is 4.98. The summed E-state index contributed by atoms with van der Waals surface area (Å²) in [6.45, 7) is 4.67. The first-order valence-electron chi connectivity index (χ1n) is 9.00. The molecule has 0 amide bonds. The van der Waals surface area contributed by atoms with Crippen LogP contribution in [0.25, 0.3) is 5.57 Å². The van der Waals surface area contributed by atoms with Crippen LogP contribution in [0.4, 0.5) is 0 Å². The van der Waals surface area contributed by atoms with Gasteiger partial charge in [-0.1, -0.05) is 36.4 Å². The van der Waals surface area contributed by atoms with E-state index in [1.165, 1.54) is 22.4 Å². The van der Waals surface area contributed by atoms with Crippen LogP contribution in [0, 0.1) is 12.8 Å². The van der Waals surface area contributed by atoms with Gasteiger partial charge >= 0.3 is 5.97 Å². The number of H-pyrrole nitrogens is 1. The number of benzene rings is 1. The summed E-state index contributed by atoms with van der Waals surface area (Å²) >= 11 is 0. The molecule has 1 aliphatic rings. The van der Waals surface area contributed by atoms with E-state index in [9.17, 15) is 9.90 Å². The van der Waals surface area contributed by atoms with Crippen molar-refractivity contribution in [3.05, 3.63) is 65.5 Å². The zero-order valence-corrected chi connectivity index (χ0v) is 14.7. The Morgan fingerprint density at radius 1 is 1.32 bits per heavy atom. The number of likely N-dealkylation sites (tertiary alicyclic amines) is 1. The predicted octanol–water partition coefficient (Wildman–Crippen LogP) is 3.94. The second-order valence-electron chi connectivity index (χ2n) is 6.77. The van der Waals surface area contributed by atoms with Gasteiger partial charge in [0, 0.05) is 30.5 Å². The highest BCUT2D eigenvalue weighted by atomic mass is 16.4. The van der Waals surface area contributed by atoms with E-state index in [0.29, 0.717) is 6.54 Å². The number of hydrogen-bond acceptors (Lipinski definition) is 2. The highest BCUT2D eigenvalue weighted by molar-refractivity contribution is 5.80. The van der Waals surface area contributed by atoms with E-state index in [-0.39, 0.29) is 5.92 Å². The Balaban J connectivity index is 1.72. The average Bonchev–Trinajstić information content (AvgIpc) is 3.05. The molecule has 0 unspecified atom stereocenters. The molecule has 3 rings (SSSR count).